The number of pyridine rings is 2. The number of fused-ring (bicyclic) bond motifs is 1. The summed E-state index contributed by atoms with van der Waals surface area (Å²) in [6.07, 6.45) is 1.82. The Morgan fingerprint density at radius 2 is 2.05 bits per heavy atom. The van der Waals surface area contributed by atoms with Gasteiger partial charge < -0.3 is 4.74 Å². The van der Waals surface area contributed by atoms with Crippen LogP contribution in [0.5, 0.6) is 5.75 Å². The molecule has 106 valence electrons. The molecule has 0 N–H and O–H groups in total. The zero-order valence-electron chi connectivity index (χ0n) is 12.0. The molecule has 0 radical (unpaired) electrons. The summed E-state index contributed by atoms with van der Waals surface area (Å²) in [4.78, 5) is 9.05. The second-order valence-corrected chi connectivity index (χ2v) is 5.77. The maximum Gasteiger partial charge on any atom is 0.121 e. The fraction of sp³-hybridized carbons (Fsp3) is 0.176. The van der Waals surface area contributed by atoms with Crippen LogP contribution in [-0.2, 0) is 5.75 Å². The molecular formula is C17H16N2OS. The molecule has 0 amide bonds. The smallest absolute Gasteiger partial charge is 0.121 e. The fourth-order valence-corrected chi connectivity index (χ4v) is 3.07. The lowest BCUT2D eigenvalue weighted by Gasteiger charge is -2.07. The zero-order valence-corrected chi connectivity index (χ0v) is 12.9. The van der Waals surface area contributed by atoms with Gasteiger partial charge in [-0.1, -0.05) is 6.07 Å². The number of aromatic nitrogens is 2. The fourth-order valence-electron chi connectivity index (χ4n) is 2.18. The molecule has 0 aliphatic heterocycles. The molecule has 3 aromatic rings. The van der Waals surface area contributed by atoms with Crippen molar-refractivity contribution in [1.82, 2.24) is 9.97 Å². The first kappa shape index (κ1) is 13.9. The van der Waals surface area contributed by atoms with Gasteiger partial charge in [-0.05, 0) is 42.8 Å². The predicted octanol–water partition coefficient (Wildman–Crippen LogP) is 4.24. The van der Waals surface area contributed by atoms with Crippen molar-refractivity contribution in [3.63, 3.8) is 0 Å². The molecule has 3 rings (SSSR count). The number of nitrogens with zero attached hydrogens (tertiary/aromatic N) is 2. The van der Waals surface area contributed by atoms with Gasteiger partial charge in [0.25, 0.3) is 0 Å². The van der Waals surface area contributed by atoms with E-state index in [4.69, 9.17) is 9.72 Å². The summed E-state index contributed by atoms with van der Waals surface area (Å²) in [6.45, 7) is 2.11. The molecule has 21 heavy (non-hydrogen) atoms. The van der Waals surface area contributed by atoms with Crippen molar-refractivity contribution >= 4 is 22.7 Å². The van der Waals surface area contributed by atoms with Crippen LogP contribution in [0.1, 0.15) is 11.3 Å². The van der Waals surface area contributed by atoms with Crippen molar-refractivity contribution in [3.05, 3.63) is 59.9 Å². The number of thioether (sulfide) groups is 1. The summed E-state index contributed by atoms with van der Waals surface area (Å²) in [6, 6.07) is 14.1. The minimum absolute atomic E-state index is 0.822. The second kappa shape index (κ2) is 6.14. The maximum absolute atomic E-state index is 5.27. The summed E-state index contributed by atoms with van der Waals surface area (Å²) < 4.78 is 5.27. The van der Waals surface area contributed by atoms with E-state index in [1.807, 2.05) is 36.5 Å². The molecule has 0 aliphatic rings. The largest absolute Gasteiger partial charge is 0.497 e. The molecule has 0 spiro atoms. The van der Waals surface area contributed by atoms with Gasteiger partial charge in [0, 0.05) is 23.4 Å². The molecule has 0 fully saturated rings. The van der Waals surface area contributed by atoms with Crippen molar-refractivity contribution < 1.29 is 4.74 Å². The van der Waals surface area contributed by atoms with Crippen molar-refractivity contribution in [2.24, 2.45) is 0 Å². The first-order valence-electron chi connectivity index (χ1n) is 6.74. The molecule has 4 heteroatoms. The van der Waals surface area contributed by atoms with E-state index in [2.05, 4.69) is 24.0 Å². The summed E-state index contributed by atoms with van der Waals surface area (Å²) in [5.41, 5.74) is 3.26. The van der Waals surface area contributed by atoms with Crippen LogP contribution < -0.4 is 4.74 Å². The summed E-state index contributed by atoms with van der Waals surface area (Å²) in [5, 5.41) is 2.18. The number of benzene rings is 1. The van der Waals surface area contributed by atoms with Gasteiger partial charge in [0.2, 0.25) is 0 Å². The molecule has 0 saturated carbocycles. The van der Waals surface area contributed by atoms with Crippen LogP contribution in [0.25, 0.3) is 10.9 Å². The van der Waals surface area contributed by atoms with Crippen LogP contribution in [0, 0.1) is 6.92 Å². The molecule has 0 aliphatic carbocycles. The van der Waals surface area contributed by atoms with Crippen molar-refractivity contribution in [2.45, 2.75) is 17.7 Å². The lowest BCUT2D eigenvalue weighted by Crippen LogP contribution is -1.90. The Bertz CT molecular complexity index is 759. The van der Waals surface area contributed by atoms with Gasteiger partial charge in [-0.2, -0.15) is 0 Å². The summed E-state index contributed by atoms with van der Waals surface area (Å²) in [5.74, 6) is 1.66. The van der Waals surface area contributed by atoms with Crippen LogP contribution in [0.15, 0.2) is 53.7 Å². The van der Waals surface area contributed by atoms with Crippen LogP contribution in [-0.4, -0.2) is 17.1 Å². The second-order valence-electron chi connectivity index (χ2n) is 4.77. The topological polar surface area (TPSA) is 35.0 Å². The average molecular weight is 296 g/mol. The van der Waals surface area contributed by atoms with E-state index in [1.54, 1.807) is 18.9 Å². The first-order valence-corrected chi connectivity index (χ1v) is 7.73. The highest BCUT2D eigenvalue weighted by Crippen LogP contribution is 2.27. The van der Waals surface area contributed by atoms with Crippen LogP contribution >= 0.6 is 11.8 Å². The van der Waals surface area contributed by atoms with Crippen molar-refractivity contribution in [2.75, 3.05) is 7.11 Å². The highest BCUT2D eigenvalue weighted by molar-refractivity contribution is 7.98. The average Bonchev–Trinajstić information content (AvgIpc) is 2.53. The quantitative estimate of drug-likeness (QED) is 0.675. The third-order valence-electron chi connectivity index (χ3n) is 3.29. The normalized spacial score (nSPS) is 10.8. The Hall–Kier alpha value is -2.07. The van der Waals surface area contributed by atoms with E-state index >= 15 is 0 Å². The standard InChI is InChI=1S/C17H16N2OS/c1-12-9-17(21-11-13-5-3-4-8-18-13)19-16-10-14(20-2)6-7-15(12)16/h3-10H,11H2,1-2H3. The van der Waals surface area contributed by atoms with E-state index < -0.39 is 0 Å². The lowest BCUT2D eigenvalue weighted by molar-refractivity contribution is 0.415. The molecule has 3 nitrogen and oxygen atoms in total. The van der Waals surface area contributed by atoms with E-state index in [0.717, 1.165) is 33.1 Å². The van der Waals surface area contributed by atoms with Gasteiger partial charge in [-0.3, -0.25) is 4.98 Å². The summed E-state index contributed by atoms with van der Waals surface area (Å²) in [7, 11) is 1.67. The Kier molecular flexibility index (Phi) is 4.06. The number of ether oxygens (including phenoxy) is 1. The maximum atomic E-state index is 5.27. The Labute approximate surface area is 128 Å². The third-order valence-corrected chi connectivity index (χ3v) is 4.24. The Morgan fingerprint density at radius 1 is 1.14 bits per heavy atom. The molecule has 0 bridgehead atoms. The molecular weight excluding hydrogens is 280 g/mol. The molecule has 0 atom stereocenters. The Morgan fingerprint density at radius 3 is 2.81 bits per heavy atom. The minimum atomic E-state index is 0.822. The lowest BCUT2D eigenvalue weighted by atomic mass is 10.1. The van der Waals surface area contributed by atoms with Crippen LogP contribution in [0.3, 0.4) is 0 Å². The van der Waals surface area contributed by atoms with Crippen molar-refractivity contribution in [3.8, 4) is 5.75 Å². The monoisotopic (exact) mass is 296 g/mol. The van der Waals surface area contributed by atoms with Gasteiger partial charge >= 0.3 is 0 Å². The van der Waals surface area contributed by atoms with E-state index in [1.165, 1.54) is 5.56 Å². The SMILES string of the molecule is COc1ccc2c(C)cc(SCc3ccccn3)nc2c1. The highest BCUT2D eigenvalue weighted by atomic mass is 32.2. The van der Waals surface area contributed by atoms with E-state index in [9.17, 15) is 0 Å². The first-order chi connectivity index (χ1) is 10.3. The van der Waals surface area contributed by atoms with Gasteiger partial charge in [0.1, 0.15) is 5.75 Å². The van der Waals surface area contributed by atoms with Gasteiger partial charge in [0.15, 0.2) is 0 Å². The molecule has 1 aromatic carbocycles. The minimum Gasteiger partial charge on any atom is -0.497 e. The summed E-state index contributed by atoms with van der Waals surface area (Å²) >= 11 is 1.70. The van der Waals surface area contributed by atoms with E-state index in [0.29, 0.717) is 0 Å². The predicted molar refractivity (Wildman–Crippen MR) is 86.8 cm³/mol. The number of hydrogen-bond acceptors (Lipinski definition) is 4. The number of aryl methyl sites for hydroxylation is 1. The van der Waals surface area contributed by atoms with Crippen LogP contribution in [0.4, 0.5) is 0 Å². The zero-order chi connectivity index (χ0) is 14.7. The Balaban J connectivity index is 1.88. The van der Waals surface area contributed by atoms with Gasteiger partial charge in [0.05, 0.1) is 23.3 Å². The number of rotatable bonds is 4. The number of methoxy groups -OCH3 is 1. The third kappa shape index (κ3) is 3.16. The van der Waals surface area contributed by atoms with E-state index in [-0.39, 0.29) is 0 Å². The number of hydrogen-bond donors (Lipinski definition) is 0. The van der Waals surface area contributed by atoms with Gasteiger partial charge in [-0.25, -0.2) is 4.98 Å². The van der Waals surface area contributed by atoms with Crippen molar-refractivity contribution in [1.29, 1.82) is 0 Å². The molecule has 2 heterocycles. The molecule has 0 unspecified atom stereocenters. The molecule has 2 aromatic heterocycles. The van der Waals surface area contributed by atoms with Gasteiger partial charge in [-0.15, -0.1) is 11.8 Å². The molecule has 0 saturated heterocycles. The van der Waals surface area contributed by atoms with Crippen LogP contribution in [0.2, 0.25) is 0 Å². The highest BCUT2D eigenvalue weighted by Gasteiger charge is 2.05.